The van der Waals surface area contributed by atoms with Crippen LogP contribution in [0.5, 0.6) is 0 Å². The predicted molar refractivity (Wildman–Crippen MR) is 84.6 cm³/mol. The van der Waals surface area contributed by atoms with Crippen LogP contribution in [0.3, 0.4) is 0 Å². The lowest BCUT2D eigenvalue weighted by molar-refractivity contribution is -0.135. The number of pyridine rings is 1. The minimum Gasteiger partial charge on any atom is -0.379 e. The van der Waals surface area contributed by atoms with E-state index in [1.54, 1.807) is 31.3 Å². The van der Waals surface area contributed by atoms with Gasteiger partial charge in [0.05, 0.1) is 5.71 Å². The van der Waals surface area contributed by atoms with Gasteiger partial charge in [-0.1, -0.05) is 17.3 Å². The van der Waals surface area contributed by atoms with Crippen molar-refractivity contribution in [3.63, 3.8) is 0 Å². The van der Waals surface area contributed by atoms with E-state index in [2.05, 4.69) is 15.5 Å². The van der Waals surface area contributed by atoms with Crippen molar-refractivity contribution < 1.29 is 14.0 Å². The quantitative estimate of drug-likeness (QED) is 0.947. The number of oxime groups is 1. The zero-order valence-corrected chi connectivity index (χ0v) is 12.8. The molecule has 1 aliphatic rings. The van der Waals surface area contributed by atoms with Gasteiger partial charge in [0.15, 0.2) is 0 Å². The summed E-state index contributed by atoms with van der Waals surface area (Å²) in [6, 6.07) is 9.67. The minimum absolute atomic E-state index is 0.258. The van der Waals surface area contributed by atoms with Crippen LogP contribution in [0.1, 0.15) is 24.5 Å². The molecule has 2 aromatic rings. The highest BCUT2D eigenvalue weighted by atomic mass is 19.1. The first kappa shape index (κ1) is 15.1. The van der Waals surface area contributed by atoms with Gasteiger partial charge in [0.2, 0.25) is 5.60 Å². The SMILES string of the molecule is Cc1ccnc(NC(=O)C2(C)CC(c3cccc(F)c3)=NO2)c1. The minimum atomic E-state index is -1.15. The molecule has 23 heavy (non-hydrogen) atoms. The molecule has 0 fully saturated rings. The first-order valence-electron chi connectivity index (χ1n) is 7.21. The van der Waals surface area contributed by atoms with Gasteiger partial charge >= 0.3 is 0 Å². The molecule has 118 valence electrons. The topological polar surface area (TPSA) is 63.6 Å². The maximum atomic E-state index is 13.3. The number of carbonyl (C=O) groups excluding carboxylic acids is 1. The molecule has 6 heteroatoms. The average Bonchev–Trinajstić information content (AvgIpc) is 2.91. The summed E-state index contributed by atoms with van der Waals surface area (Å²) < 4.78 is 13.3. The van der Waals surface area contributed by atoms with Gasteiger partial charge in [0, 0.05) is 18.2 Å². The van der Waals surface area contributed by atoms with Crippen molar-refractivity contribution in [2.75, 3.05) is 5.32 Å². The second-order valence-electron chi connectivity index (χ2n) is 5.72. The summed E-state index contributed by atoms with van der Waals surface area (Å²) in [7, 11) is 0. The molecule has 1 amide bonds. The van der Waals surface area contributed by atoms with Gasteiger partial charge in [-0.2, -0.15) is 0 Å². The second kappa shape index (κ2) is 5.79. The van der Waals surface area contributed by atoms with Gasteiger partial charge in [-0.15, -0.1) is 0 Å². The number of hydrogen-bond acceptors (Lipinski definition) is 4. The maximum Gasteiger partial charge on any atom is 0.272 e. The Bertz CT molecular complexity index is 791. The fraction of sp³-hybridized carbons (Fsp3) is 0.235. The van der Waals surface area contributed by atoms with Crippen LogP contribution in [0, 0.1) is 12.7 Å². The number of carbonyl (C=O) groups is 1. The Morgan fingerprint density at radius 1 is 1.35 bits per heavy atom. The van der Waals surface area contributed by atoms with E-state index in [1.165, 1.54) is 12.1 Å². The smallest absolute Gasteiger partial charge is 0.272 e. The number of hydrogen-bond donors (Lipinski definition) is 1. The largest absolute Gasteiger partial charge is 0.379 e. The van der Waals surface area contributed by atoms with Crippen molar-refractivity contribution in [2.24, 2.45) is 5.16 Å². The number of amides is 1. The average molecular weight is 313 g/mol. The summed E-state index contributed by atoms with van der Waals surface area (Å²) in [5.41, 5.74) is 0.992. The van der Waals surface area contributed by atoms with Crippen LogP contribution in [0.2, 0.25) is 0 Å². The maximum absolute atomic E-state index is 13.3. The van der Waals surface area contributed by atoms with Crippen molar-refractivity contribution in [2.45, 2.75) is 25.9 Å². The lowest BCUT2D eigenvalue weighted by atomic mass is 9.95. The Hall–Kier alpha value is -2.76. The molecule has 1 N–H and O–H groups in total. The number of halogens is 1. The van der Waals surface area contributed by atoms with Gasteiger partial charge in [0.1, 0.15) is 11.6 Å². The van der Waals surface area contributed by atoms with Crippen LogP contribution in [0.15, 0.2) is 47.8 Å². The summed E-state index contributed by atoms with van der Waals surface area (Å²) in [4.78, 5) is 21.9. The first-order valence-corrected chi connectivity index (χ1v) is 7.21. The standard InChI is InChI=1S/C17H16FN3O2/c1-11-6-7-19-15(8-11)20-16(22)17(2)10-14(21-23-17)12-4-3-5-13(18)9-12/h3-9H,10H2,1-2H3,(H,19,20,22). The van der Waals surface area contributed by atoms with Gasteiger partial charge in [-0.25, -0.2) is 9.37 Å². The van der Waals surface area contributed by atoms with Crippen molar-refractivity contribution in [1.82, 2.24) is 4.98 Å². The molecule has 1 aromatic heterocycles. The highest BCUT2D eigenvalue weighted by Crippen LogP contribution is 2.28. The molecule has 0 bridgehead atoms. The van der Waals surface area contributed by atoms with Crippen molar-refractivity contribution in [3.05, 3.63) is 59.5 Å². The van der Waals surface area contributed by atoms with E-state index in [1.807, 2.05) is 13.0 Å². The molecule has 0 saturated heterocycles. The molecule has 0 radical (unpaired) electrons. The lowest BCUT2D eigenvalue weighted by Crippen LogP contribution is -2.40. The summed E-state index contributed by atoms with van der Waals surface area (Å²) >= 11 is 0. The fourth-order valence-electron chi connectivity index (χ4n) is 2.34. The molecular formula is C17H16FN3O2. The number of aromatic nitrogens is 1. The van der Waals surface area contributed by atoms with Crippen molar-refractivity contribution in [3.8, 4) is 0 Å². The van der Waals surface area contributed by atoms with Gasteiger partial charge < -0.3 is 10.2 Å². The van der Waals surface area contributed by atoms with Crippen LogP contribution in [-0.4, -0.2) is 22.2 Å². The molecule has 3 rings (SSSR count). The van der Waals surface area contributed by atoms with Crippen LogP contribution >= 0.6 is 0 Å². The van der Waals surface area contributed by atoms with E-state index in [9.17, 15) is 9.18 Å². The fourth-order valence-corrected chi connectivity index (χ4v) is 2.34. The third-order valence-electron chi connectivity index (χ3n) is 3.66. The second-order valence-corrected chi connectivity index (χ2v) is 5.72. The third-order valence-corrected chi connectivity index (χ3v) is 3.66. The van der Waals surface area contributed by atoms with E-state index in [0.29, 0.717) is 17.1 Å². The first-order chi connectivity index (χ1) is 11.0. The highest BCUT2D eigenvalue weighted by Gasteiger charge is 2.42. The van der Waals surface area contributed by atoms with Gasteiger partial charge in [-0.05, 0) is 43.7 Å². The van der Waals surface area contributed by atoms with Crippen LogP contribution in [0.4, 0.5) is 10.2 Å². The van der Waals surface area contributed by atoms with Crippen LogP contribution in [-0.2, 0) is 9.63 Å². The van der Waals surface area contributed by atoms with E-state index in [-0.39, 0.29) is 18.1 Å². The van der Waals surface area contributed by atoms with E-state index in [4.69, 9.17) is 4.84 Å². The summed E-state index contributed by atoms with van der Waals surface area (Å²) in [6.07, 6.45) is 1.88. The predicted octanol–water partition coefficient (Wildman–Crippen LogP) is 3.05. The summed E-state index contributed by atoms with van der Waals surface area (Å²) in [5, 5.41) is 6.68. The summed E-state index contributed by atoms with van der Waals surface area (Å²) in [6.45, 7) is 3.56. The molecule has 1 unspecified atom stereocenters. The number of nitrogens with zero attached hydrogens (tertiary/aromatic N) is 2. The molecule has 1 atom stereocenters. The molecule has 0 aliphatic carbocycles. The van der Waals surface area contributed by atoms with Gasteiger partial charge in [0.25, 0.3) is 5.91 Å². The number of rotatable bonds is 3. The zero-order valence-electron chi connectivity index (χ0n) is 12.8. The highest BCUT2D eigenvalue weighted by molar-refractivity contribution is 6.07. The molecule has 1 aliphatic heterocycles. The third kappa shape index (κ3) is 3.21. The van der Waals surface area contributed by atoms with E-state index < -0.39 is 5.60 Å². The number of aryl methyl sites for hydroxylation is 1. The summed E-state index contributed by atoms with van der Waals surface area (Å²) in [5.74, 6) is -0.239. The van der Waals surface area contributed by atoms with Crippen molar-refractivity contribution >= 4 is 17.4 Å². The van der Waals surface area contributed by atoms with Crippen LogP contribution < -0.4 is 5.32 Å². The Morgan fingerprint density at radius 2 is 2.17 bits per heavy atom. The number of benzene rings is 1. The van der Waals surface area contributed by atoms with E-state index >= 15 is 0 Å². The normalized spacial score (nSPS) is 19.9. The van der Waals surface area contributed by atoms with Crippen molar-refractivity contribution in [1.29, 1.82) is 0 Å². The van der Waals surface area contributed by atoms with Gasteiger partial charge in [-0.3, -0.25) is 4.79 Å². The molecule has 5 nitrogen and oxygen atoms in total. The Morgan fingerprint density at radius 3 is 2.91 bits per heavy atom. The molecule has 1 aromatic carbocycles. The number of nitrogens with one attached hydrogen (secondary N) is 1. The van der Waals surface area contributed by atoms with Crippen LogP contribution in [0.25, 0.3) is 0 Å². The molecular weight excluding hydrogens is 297 g/mol. The Labute approximate surface area is 133 Å². The Balaban J connectivity index is 1.73. The zero-order chi connectivity index (χ0) is 16.4. The lowest BCUT2D eigenvalue weighted by Gasteiger charge is -2.20. The Kier molecular flexibility index (Phi) is 3.82. The number of anilines is 1. The monoisotopic (exact) mass is 313 g/mol. The molecule has 0 saturated carbocycles. The van der Waals surface area contributed by atoms with E-state index in [0.717, 1.165) is 5.56 Å². The molecule has 2 heterocycles. The molecule has 0 spiro atoms.